The Hall–Kier alpha value is -0.830. The van der Waals surface area contributed by atoms with Crippen molar-refractivity contribution in [1.29, 1.82) is 0 Å². The van der Waals surface area contributed by atoms with Gasteiger partial charge in [0.2, 0.25) is 0 Å². The fourth-order valence-corrected chi connectivity index (χ4v) is 2.38. The summed E-state index contributed by atoms with van der Waals surface area (Å²) in [5, 5.41) is 8.50. The lowest BCUT2D eigenvalue weighted by molar-refractivity contribution is 0.459. The van der Waals surface area contributed by atoms with E-state index >= 15 is 0 Å². The zero-order valence-electron chi connectivity index (χ0n) is 9.69. The van der Waals surface area contributed by atoms with Gasteiger partial charge in [0.25, 0.3) is 0 Å². The summed E-state index contributed by atoms with van der Waals surface area (Å²) in [6, 6.07) is 3.77. The molecule has 1 aromatic heterocycles. The van der Waals surface area contributed by atoms with Crippen LogP contribution in [0.2, 0.25) is 5.15 Å². The standard InChI is InChI=1S/C12H18ClN3/c1-2-10-4-3-8-16(9-7-10)12-6-5-11(13)14-15-12/h5-6,10H,2-4,7-9H2,1H3. The first kappa shape index (κ1) is 11.6. The minimum absolute atomic E-state index is 0.463. The Morgan fingerprint density at radius 2 is 2.19 bits per heavy atom. The fraction of sp³-hybridized carbons (Fsp3) is 0.667. The predicted octanol–water partition coefficient (Wildman–Crippen LogP) is 3.15. The van der Waals surface area contributed by atoms with E-state index in [-0.39, 0.29) is 0 Å². The summed E-state index contributed by atoms with van der Waals surface area (Å²) in [6.45, 7) is 4.46. The second-order valence-electron chi connectivity index (χ2n) is 4.41. The maximum Gasteiger partial charge on any atom is 0.151 e. The molecular weight excluding hydrogens is 222 g/mol. The van der Waals surface area contributed by atoms with Gasteiger partial charge in [0.05, 0.1) is 0 Å². The molecule has 1 saturated heterocycles. The molecule has 1 aromatic rings. The van der Waals surface area contributed by atoms with Crippen molar-refractivity contribution in [2.45, 2.75) is 32.6 Å². The van der Waals surface area contributed by atoms with Gasteiger partial charge >= 0.3 is 0 Å². The second kappa shape index (κ2) is 5.48. The molecule has 3 nitrogen and oxygen atoms in total. The van der Waals surface area contributed by atoms with E-state index in [0.29, 0.717) is 5.15 Å². The molecule has 4 heteroatoms. The summed E-state index contributed by atoms with van der Waals surface area (Å²) in [4.78, 5) is 2.32. The number of halogens is 1. The number of nitrogens with zero attached hydrogens (tertiary/aromatic N) is 3. The van der Waals surface area contributed by atoms with Gasteiger partial charge in [-0.3, -0.25) is 0 Å². The Morgan fingerprint density at radius 3 is 2.88 bits per heavy atom. The average molecular weight is 240 g/mol. The van der Waals surface area contributed by atoms with Gasteiger partial charge in [0.15, 0.2) is 11.0 Å². The number of aromatic nitrogens is 2. The van der Waals surface area contributed by atoms with Crippen LogP contribution >= 0.6 is 11.6 Å². The van der Waals surface area contributed by atoms with Crippen molar-refractivity contribution in [3.63, 3.8) is 0 Å². The second-order valence-corrected chi connectivity index (χ2v) is 4.79. The Kier molecular flexibility index (Phi) is 3.99. The summed E-state index contributed by atoms with van der Waals surface area (Å²) in [6.07, 6.45) is 5.15. The molecule has 0 bridgehead atoms. The maximum atomic E-state index is 5.74. The van der Waals surface area contributed by atoms with Crippen LogP contribution in [0.4, 0.5) is 5.82 Å². The molecule has 0 radical (unpaired) electrons. The fourth-order valence-electron chi connectivity index (χ4n) is 2.28. The number of hydrogen-bond donors (Lipinski definition) is 0. The summed E-state index contributed by atoms with van der Waals surface area (Å²) in [5.41, 5.74) is 0. The topological polar surface area (TPSA) is 29.0 Å². The highest BCUT2D eigenvalue weighted by Crippen LogP contribution is 2.23. The molecule has 0 aliphatic carbocycles. The van der Waals surface area contributed by atoms with Crippen molar-refractivity contribution in [2.75, 3.05) is 18.0 Å². The van der Waals surface area contributed by atoms with E-state index in [4.69, 9.17) is 11.6 Å². The molecule has 1 aliphatic rings. The third-order valence-corrected chi connectivity index (χ3v) is 3.57. The van der Waals surface area contributed by atoms with Crippen LogP contribution in [0.3, 0.4) is 0 Å². The highest BCUT2D eigenvalue weighted by atomic mass is 35.5. The molecule has 0 spiro atoms. The first-order valence-corrected chi connectivity index (χ1v) is 6.41. The van der Waals surface area contributed by atoms with Crippen molar-refractivity contribution in [3.8, 4) is 0 Å². The van der Waals surface area contributed by atoms with Crippen LogP contribution in [0.1, 0.15) is 32.6 Å². The van der Waals surface area contributed by atoms with E-state index in [9.17, 15) is 0 Å². The minimum atomic E-state index is 0.463. The van der Waals surface area contributed by atoms with E-state index in [1.165, 1.54) is 25.7 Å². The van der Waals surface area contributed by atoms with Gasteiger partial charge < -0.3 is 4.90 Å². The van der Waals surface area contributed by atoms with Crippen LogP contribution in [-0.2, 0) is 0 Å². The SMILES string of the molecule is CCC1CCCN(c2ccc(Cl)nn2)CC1. The van der Waals surface area contributed by atoms with Crippen LogP contribution in [0.25, 0.3) is 0 Å². The Bertz CT molecular complexity index is 326. The summed E-state index contributed by atoms with van der Waals surface area (Å²) in [5.74, 6) is 1.84. The maximum absolute atomic E-state index is 5.74. The molecule has 2 rings (SSSR count). The molecule has 1 fully saturated rings. The summed E-state index contributed by atoms with van der Waals surface area (Å²) in [7, 11) is 0. The zero-order chi connectivity index (χ0) is 11.4. The van der Waals surface area contributed by atoms with E-state index in [1.54, 1.807) is 0 Å². The molecular formula is C12H18ClN3. The number of hydrogen-bond acceptors (Lipinski definition) is 3. The van der Waals surface area contributed by atoms with Crippen LogP contribution in [0, 0.1) is 5.92 Å². The van der Waals surface area contributed by atoms with Crippen LogP contribution < -0.4 is 4.90 Å². The largest absolute Gasteiger partial charge is 0.355 e. The van der Waals surface area contributed by atoms with Gasteiger partial charge in [-0.2, -0.15) is 0 Å². The molecule has 2 heterocycles. The lowest BCUT2D eigenvalue weighted by Crippen LogP contribution is -2.25. The third-order valence-electron chi connectivity index (χ3n) is 3.37. The van der Waals surface area contributed by atoms with Crippen LogP contribution in [0.5, 0.6) is 0 Å². The molecule has 1 atom stereocenters. The zero-order valence-corrected chi connectivity index (χ0v) is 10.5. The number of anilines is 1. The Morgan fingerprint density at radius 1 is 1.31 bits per heavy atom. The van der Waals surface area contributed by atoms with Gasteiger partial charge in [0, 0.05) is 13.1 Å². The van der Waals surface area contributed by atoms with Crippen LogP contribution in [0.15, 0.2) is 12.1 Å². The molecule has 0 aromatic carbocycles. The molecule has 0 N–H and O–H groups in total. The molecule has 1 aliphatic heterocycles. The van der Waals surface area contributed by atoms with Gasteiger partial charge in [-0.25, -0.2) is 0 Å². The van der Waals surface area contributed by atoms with Crippen molar-refractivity contribution in [2.24, 2.45) is 5.92 Å². The third kappa shape index (κ3) is 2.85. The van der Waals surface area contributed by atoms with Gasteiger partial charge in [-0.1, -0.05) is 24.9 Å². The first-order chi connectivity index (χ1) is 7.79. The van der Waals surface area contributed by atoms with Crippen molar-refractivity contribution in [1.82, 2.24) is 10.2 Å². The van der Waals surface area contributed by atoms with Crippen LogP contribution in [-0.4, -0.2) is 23.3 Å². The Labute approximate surface area is 102 Å². The normalized spacial score (nSPS) is 21.9. The van der Waals surface area contributed by atoms with Crippen molar-refractivity contribution >= 4 is 17.4 Å². The van der Waals surface area contributed by atoms with Crippen molar-refractivity contribution < 1.29 is 0 Å². The van der Waals surface area contributed by atoms with E-state index < -0.39 is 0 Å². The molecule has 16 heavy (non-hydrogen) atoms. The summed E-state index contributed by atoms with van der Waals surface area (Å²) >= 11 is 5.74. The predicted molar refractivity (Wildman–Crippen MR) is 66.9 cm³/mol. The van der Waals surface area contributed by atoms with Crippen molar-refractivity contribution in [3.05, 3.63) is 17.3 Å². The van der Waals surface area contributed by atoms with E-state index in [2.05, 4.69) is 22.0 Å². The first-order valence-electron chi connectivity index (χ1n) is 6.03. The molecule has 1 unspecified atom stereocenters. The smallest absolute Gasteiger partial charge is 0.151 e. The molecule has 0 amide bonds. The Balaban J connectivity index is 2.02. The summed E-state index contributed by atoms with van der Waals surface area (Å²) < 4.78 is 0. The van der Waals surface area contributed by atoms with Gasteiger partial charge in [-0.15, -0.1) is 10.2 Å². The average Bonchev–Trinajstić information content (AvgIpc) is 2.55. The minimum Gasteiger partial charge on any atom is -0.355 e. The quantitative estimate of drug-likeness (QED) is 0.794. The highest BCUT2D eigenvalue weighted by molar-refractivity contribution is 6.29. The highest BCUT2D eigenvalue weighted by Gasteiger charge is 2.16. The monoisotopic (exact) mass is 239 g/mol. The lowest BCUT2D eigenvalue weighted by Gasteiger charge is -2.20. The number of rotatable bonds is 2. The van der Waals surface area contributed by atoms with Gasteiger partial charge in [0.1, 0.15) is 0 Å². The molecule has 0 saturated carbocycles. The molecule has 88 valence electrons. The van der Waals surface area contributed by atoms with Gasteiger partial charge in [-0.05, 0) is 37.3 Å². The lowest BCUT2D eigenvalue weighted by atomic mass is 9.98. The van der Waals surface area contributed by atoms with E-state index in [0.717, 1.165) is 24.8 Å². The van der Waals surface area contributed by atoms with E-state index in [1.807, 2.05) is 12.1 Å².